The van der Waals surface area contributed by atoms with E-state index in [9.17, 15) is 4.79 Å². The van der Waals surface area contributed by atoms with Crippen molar-refractivity contribution < 1.29 is 9.53 Å². The van der Waals surface area contributed by atoms with Gasteiger partial charge < -0.3 is 15.8 Å². The molecule has 1 atom stereocenters. The van der Waals surface area contributed by atoms with Crippen LogP contribution in [-0.4, -0.2) is 13.0 Å². The number of nitrogens with two attached hydrogens (primary N) is 1. The van der Waals surface area contributed by atoms with Crippen molar-refractivity contribution in [2.45, 2.75) is 12.5 Å². The third kappa shape index (κ3) is 2.97. The Hall–Kier alpha value is -2.33. The van der Waals surface area contributed by atoms with E-state index in [-0.39, 0.29) is 5.91 Å². The molecule has 3 N–H and O–H groups in total. The van der Waals surface area contributed by atoms with Gasteiger partial charge in [0.05, 0.1) is 7.11 Å². The van der Waals surface area contributed by atoms with E-state index >= 15 is 0 Å². The van der Waals surface area contributed by atoms with Crippen molar-refractivity contribution in [3.8, 4) is 5.75 Å². The minimum atomic E-state index is -1.09. The van der Waals surface area contributed by atoms with E-state index in [1.165, 1.54) is 0 Å². The Kier molecular flexibility index (Phi) is 4.05. The summed E-state index contributed by atoms with van der Waals surface area (Å²) < 4.78 is 5.12. The first kappa shape index (κ1) is 14.1. The van der Waals surface area contributed by atoms with Crippen molar-refractivity contribution >= 4 is 11.6 Å². The van der Waals surface area contributed by atoms with Gasteiger partial charge in [-0.15, -0.1) is 0 Å². The van der Waals surface area contributed by atoms with Crippen LogP contribution in [0.25, 0.3) is 0 Å². The number of amides is 1. The lowest BCUT2D eigenvalue weighted by molar-refractivity contribution is -0.120. The summed E-state index contributed by atoms with van der Waals surface area (Å²) in [6.45, 7) is 1.69. The Morgan fingerprint density at radius 2 is 1.85 bits per heavy atom. The zero-order chi connectivity index (χ0) is 14.6. The number of carbonyl (C=O) groups is 1. The Bertz CT molecular complexity index is 594. The maximum atomic E-state index is 12.4. The van der Waals surface area contributed by atoms with Crippen molar-refractivity contribution in [2.75, 3.05) is 12.4 Å². The molecule has 0 aliphatic rings. The SMILES string of the molecule is COc1cccc(NC(=O)C(C)(N)c2ccccc2)c1. The largest absolute Gasteiger partial charge is 0.497 e. The fraction of sp³-hybridized carbons (Fsp3) is 0.188. The normalized spacial score (nSPS) is 13.3. The molecule has 2 aromatic rings. The zero-order valence-corrected chi connectivity index (χ0v) is 11.6. The molecule has 104 valence electrons. The van der Waals surface area contributed by atoms with E-state index in [4.69, 9.17) is 10.5 Å². The van der Waals surface area contributed by atoms with E-state index in [2.05, 4.69) is 5.32 Å². The number of ether oxygens (including phenoxy) is 1. The number of nitrogens with one attached hydrogen (secondary N) is 1. The van der Waals surface area contributed by atoms with Crippen LogP contribution >= 0.6 is 0 Å². The maximum Gasteiger partial charge on any atom is 0.248 e. The molecule has 0 bridgehead atoms. The van der Waals surface area contributed by atoms with E-state index in [0.717, 1.165) is 5.56 Å². The molecule has 0 saturated carbocycles. The molecular weight excluding hydrogens is 252 g/mol. The van der Waals surface area contributed by atoms with Crippen LogP contribution in [0.1, 0.15) is 12.5 Å². The molecule has 4 nitrogen and oxygen atoms in total. The summed E-state index contributed by atoms with van der Waals surface area (Å²) in [5, 5.41) is 2.81. The Morgan fingerprint density at radius 1 is 1.15 bits per heavy atom. The highest BCUT2D eigenvalue weighted by Gasteiger charge is 2.30. The van der Waals surface area contributed by atoms with E-state index in [1.54, 1.807) is 26.2 Å². The minimum Gasteiger partial charge on any atom is -0.497 e. The van der Waals surface area contributed by atoms with Gasteiger partial charge in [-0.25, -0.2) is 0 Å². The maximum absolute atomic E-state index is 12.4. The Labute approximate surface area is 118 Å². The van der Waals surface area contributed by atoms with Gasteiger partial charge in [0.1, 0.15) is 11.3 Å². The average Bonchev–Trinajstić information content (AvgIpc) is 2.48. The van der Waals surface area contributed by atoms with Gasteiger partial charge in [-0.3, -0.25) is 4.79 Å². The van der Waals surface area contributed by atoms with Crippen LogP contribution in [-0.2, 0) is 10.3 Å². The molecule has 0 aliphatic heterocycles. The summed E-state index contributed by atoms with van der Waals surface area (Å²) in [7, 11) is 1.58. The summed E-state index contributed by atoms with van der Waals surface area (Å²) >= 11 is 0. The average molecular weight is 270 g/mol. The molecule has 0 fully saturated rings. The van der Waals surface area contributed by atoms with Crippen molar-refractivity contribution in [1.29, 1.82) is 0 Å². The zero-order valence-electron chi connectivity index (χ0n) is 11.6. The fourth-order valence-corrected chi connectivity index (χ4v) is 1.88. The highest BCUT2D eigenvalue weighted by Crippen LogP contribution is 2.22. The summed E-state index contributed by atoms with van der Waals surface area (Å²) in [6, 6.07) is 16.5. The lowest BCUT2D eigenvalue weighted by Gasteiger charge is -2.24. The second kappa shape index (κ2) is 5.75. The van der Waals surface area contributed by atoms with Gasteiger partial charge in [0.25, 0.3) is 0 Å². The predicted molar refractivity (Wildman–Crippen MR) is 79.6 cm³/mol. The van der Waals surface area contributed by atoms with Gasteiger partial charge in [-0.2, -0.15) is 0 Å². The predicted octanol–water partition coefficient (Wildman–Crippen LogP) is 2.51. The molecule has 1 amide bonds. The van der Waals surface area contributed by atoms with Gasteiger partial charge in [0, 0.05) is 11.8 Å². The second-order valence-electron chi connectivity index (χ2n) is 4.75. The highest BCUT2D eigenvalue weighted by atomic mass is 16.5. The van der Waals surface area contributed by atoms with E-state index in [0.29, 0.717) is 11.4 Å². The van der Waals surface area contributed by atoms with Crippen molar-refractivity contribution in [3.05, 3.63) is 60.2 Å². The number of hydrogen-bond acceptors (Lipinski definition) is 3. The Morgan fingerprint density at radius 3 is 2.50 bits per heavy atom. The van der Waals surface area contributed by atoms with Gasteiger partial charge >= 0.3 is 0 Å². The van der Waals surface area contributed by atoms with Crippen molar-refractivity contribution in [3.63, 3.8) is 0 Å². The lowest BCUT2D eigenvalue weighted by atomic mass is 9.92. The van der Waals surface area contributed by atoms with Gasteiger partial charge in [-0.1, -0.05) is 36.4 Å². The molecule has 2 rings (SSSR count). The number of benzene rings is 2. The molecule has 0 aromatic heterocycles. The number of methoxy groups -OCH3 is 1. The van der Waals surface area contributed by atoms with Crippen LogP contribution in [0.4, 0.5) is 5.69 Å². The highest BCUT2D eigenvalue weighted by molar-refractivity contribution is 5.98. The molecular formula is C16H18N2O2. The topological polar surface area (TPSA) is 64.3 Å². The van der Waals surface area contributed by atoms with Crippen LogP contribution in [0.15, 0.2) is 54.6 Å². The number of anilines is 1. The molecule has 0 spiro atoms. The third-order valence-corrected chi connectivity index (χ3v) is 3.17. The molecule has 4 heteroatoms. The lowest BCUT2D eigenvalue weighted by Crippen LogP contribution is -2.45. The first-order chi connectivity index (χ1) is 9.54. The first-order valence-corrected chi connectivity index (χ1v) is 6.34. The quantitative estimate of drug-likeness (QED) is 0.897. The van der Waals surface area contributed by atoms with Crippen LogP contribution in [0, 0.1) is 0 Å². The summed E-state index contributed by atoms with van der Waals surface area (Å²) in [4.78, 5) is 12.4. The van der Waals surface area contributed by atoms with E-state index < -0.39 is 5.54 Å². The Balaban J connectivity index is 2.19. The smallest absolute Gasteiger partial charge is 0.248 e. The first-order valence-electron chi connectivity index (χ1n) is 6.34. The number of carbonyl (C=O) groups excluding carboxylic acids is 1. The van der Waals surface area contributed by atoms with Crippen LogP contribution in [0.5, 0.6) is 5.75 Å². The van der Waals surface area contributed by atoms with Gasteiger partial charge in [0.2, 0.25) is 5.91 Å². The molecule has 0 radical (unpaired) electrons. The minimum absolute atomic E-state index is 0.267. The summed E-state index contributed by atoms with van der Waals surface area (Å²) in [6.07, 6.45) is 0. The van der Waals surface area contributed by atoms with Crippen LogP contribution in [0.3, 0.4) is 0 Å². The fourth-order valence-electron chi connectivity index (χ4n) is 1.88. The number of hydrogen-bond donors (Lipinski definition) is 2. The van der Waals surface area contributed by atoms with Crippen molar-refractivity contribution in [2.24, 2.45) is 5.73 Å². The van der Waals surface area contributed by atoms with Gasteiger partial charge in [0.15, 0.2) is 0 Å². The monoisotopic (exact) mass is 270 g/mol. The molecule has 20 heavy (non-hydrogen) atoms. The molecule has 0 saturated heterocycles. The molecule has 1 unspecified atom stereocenters. The molecule has 0 aliphatic carbocycles. The summed E-state index contributed by atoms with van der Waals surface area (Å²) in [5.41, 5.74) is 6.48. The molecule has 0 heterocycles. The van der Waals surface area contributed by atoms with Crippen LogP contribution in [0.2, 0.25) is 0 Å². The second-order valence-corrected chi connectivity index (χ2v) is 4.75. The molecule has 2 aromatic carbocycles. The number of rotatable bonds is 4. The van der Waals surface area contributed by atoms with Gasteiger partial charge in [-0.05, 0) is 24.6 Å². The standard InChI is InChI=1S/C16H18N2O2/c1-16(17,12-7-4-3-5-8-12)15(19)18-13-9-6-10-14(11-13)20-2/h3-11H,17H2,1-2H3,(H,18,19). The van der Waals surface area contributed by atoms with Crippen LogP contribution < -0.4 is 15.8 Å². The third-order valence-electron chi connectivity index (χ3n) is 3.17. The summed E-state index contributed by atoms with van der Waals surface area (Å²) in [5.74, 6) is 0.415. The van der Waals surface area contributed by atoms with E-state index in [1.807, 2.05) is 42.5 Å². The van der Waals surface area contributed by atoms with Crippen molar-refractivity contribution in [1.82, 2.24) is 0 Å².